The smallest absolute Gasteiger partial charge is 0.304 e. The number of hydrogen-bond acceptors (Lipinski definition) is 4. The van der Waals surface area contributed by atoms with Crippen LogP contribution >= 0.6 is 0 Å². The molecule has 0 aromatic carbocycles. The molecule has 1 N–H and O–H groups in total. The van der Waals surface area contributed by atoms with Crippen molar-refractivity contribution in [2.45, 2.75) is 77.2 Å². The normalized spacial score (nSPS) is 44.5. The number of oxime groups is 1. The van der Waals surface area contributed by atoms with Gasteiger partial charge in [0, 0.05) is 12.3 Å². The maximum Gasteiger partial charge on any atom is 0.304 e. The van der Waals surface area contributed by atoms with Gasteiger partial charge in [-0.25, -0.2) is 0 Å². The molecule has 4 aliphatic rings. The summed E-state index contributed by atoms with van der Waals surface area (Å²) in [7, 11) is 0. The van der Waals surface area contributed by atoms with Crippen molar-refractivity contribution < 1.29 is 14.7 Å². The topological polar surface area (TPSA) is 58.9 Å². The van der Waals surface area contributed by atoms with Crippen LogP contribution in [0.1, 0.15) is 71.6 Å². The molecule has 3 fully saturated rings. The Kier molecular flexibility index (Phi) is 4.61. The zero-order chi connectivity index (χ0) is 19.2. The van der Waals surface area contributed by atoms with Crippen LogP contribution in [0.15, 0.2) is 16.8 Å². The number of fused-ring (bicyclic) bond motifs is 5. The average Bonchev–Trinajstić information content (AvgIpc) is 3.01. The van der Waals surface area contributed by atoms with Gasteiger partial charge >= 0.3 is 5.97 Å². The fourth-order valence-electron chi connectivity index (χ4n) is 7.45. The van der Waals surface area contributed by atoms with Gasteiger partial charge < -0.3 is 9.94 Å². The van der Waals surface area contributed by atoms with Crippen molar-refractivity contribution in [3.8, 4) is 12.3 Å². The highest BCUT2D eigenvalue weighted by Crippen LogP contribution is 2.67. The van der Waals surface area contributed by atoms with Crippen molar-refractivity contribution in [1.82, 2.24) is 0 Å². The molecular weight excluding hydrogens is 338 g/mol. The lowest BCUT2D eigenvalue weighted by molar-refractivity contribution is -0.170. The Bertz CT molecular complexity index is 732. The number of esters is 1. The molecule has 0 aromatic rings. The van der Waals surface area contributed by atoms with E-state index in [1.807, 2.05) is 0 Å². The number of rotatable bonds is 2. The van der Waals surface area contributed by atoms with Gasteiger partial charge in [-0.2, -0.15) is 0 Å². The van der Waals surface area contributed by atoms with Crippen molar-refractivity contribution in [2.75, 3.05) is 0 Å². The molecule has 0 spiro atoms. The molecule has 0 radical (unpaired) electrons. The van der Waals surface area contributed by atoms with E-state index in [9.17, 15) is 4.79 Å². The van der Waals surface area contributed by atoms with Gasteiger partial charge in [0.15, 0.2) is 5.60 Å². The number of ether oxygens (including phenoxy) is 1. The molecule has 4 heteroatoms. The Morgan fingerprint density at radius 1 is 1.30 bits per heavy atom. The second-order valence-electron chi connectivity index (χ2n) is 9.08. The number of hydrogen-bond donors (Lipinski definition) is 1. The zero-order valence-corrected chi connectivity index (χ0v) is 16.5. The van der Waals surface area contributed by atoms with Crippen LogP contribution in [0.4, 0.5) is 0 Å². The maximum atomic E-state index is 11.9. The molecule has 0 bridgehead atoms. The number of terminal acetylenes is 1. The minimum atomic E-state index is -0.720. The lowest BCUT2D eigenvalue weighted by Crippen LogP contribution is -2.55. The molecule has 4 rings (SSSR count). The van der Waals surface area contributed by atoms with Crippen LogP contribution in [-0.4, -0.2) is 22.5 Å². The van der Waals surface area contributed by atoms with E-state index >= 15 is 0 Å². The summed E-state index contributed by atoms with van der Waals surface area (Å²) >= 11 is 0. The Hall–Kier alpha value is -1.76. The van der Waals surface area contributed by atoms with E-state index < -0.39 is 5.60 Å². The molecule has 0 aromatic heterocycles. The zero-order valence-electron chi connectivity index (χ0n) is 16.5. The summed E-state index contributed by atoms with van der Waals surface area (Å²) in [6, 6.07) is 0. The second-order valence-corrected chi connectivity index (χ2v) is 9.08. The number of carbonyl (C=O) groups excluding carboxylic acids is 1. The lowest BCUT2D eigenvalue weighted by atomic mass is 9.49. The van der Waals surface area contributed by atoms with E-state index in [2.05, 4.69) is 24.1 Å². The van der Waals surface area contributed by atoms with E-state index in [1.165, 1.54) is 18.9 Å². The molecule has 0 amide bonds. The van der Waals surface area contributed by atoms with Crippen LogP contribution in [-0.2, 0) is 9.53 Å². The number of allylic oxidation sites excluding steroid dienone is 2. The average molecular weight is 370 g/mol. The van der Waals surface area contributed by atoms with Crippen LogP contribution in [0.3, 0.4) is 0 Å². The molecule has 27 heavy (non-hydrogen) atoms. The summed E-state index contributed by atoms with van der Waals surface area (Å²) < 4.78 is 5.90. The van der Waals surface area contributed by atoms with Gasteiger partial charge in [0.1, 0.15) is 0 Å². The number of carbonyl (C=O) groups is 1. The van der Waals surface area contributed by atoms with E-state index in [1.54, 1.807) is 0 Å². The van der Waals surface area contributed by atoms with Crippen LogP contribution in [0.5, 0.6) is 0 Å². The summed E-state index contributed by atoms with van der Waals surface area (Å²) in [5, 5.41) is 12.6. The highest BCUT2D eigenvalue weighted by Gasteiger charge is 2.65. The van der Waals surface area contributed by atoms with Gasteiger partial charge in [-0.15, -0.1) is 6.42 Å². The van der Waals surface area contributed by atoms with Crippen LogP contribution in [0, 0.1) is 41.4 Å². The van der Waals surface area contributed by atoms with Gasteiger partial charge in [-0.3, -0.25) is 4.79 Å². The van der Waals surface area contributed by atoms with Crippen molar-refractivity contribution in [3.63, 3.8) is 0 Å². The monoisotopic (exact) mass is 369 g/mol. The Balaban J connectivity index is 1.66. The molecule has 4 nitrogen and oxygen atoms in total. The van der Waals surface area contributed by atoms with E-state index in [-0.39, 0.29) is 11.4 Å². The standard InChI is InChI=1S/C23H31NO3/c1-4-22-12-10-19-18-9-7-17(24-26)14-16(18)6-8-20(19)21(22)11-13-23(22,5-2)27-15(3)25/h2,14,18-21,26H,4,6-13H2,1,3H3/b24-17-/t18-,19+,20+,21-,22-,23-/m0/s1. The molecule has 146 valence electrons. The molecule has 0 aliphatic heterocycles. The fourth-order valence-corrected chi connectivity index (χ4v) is 7.45. The molecule has 3 saturated carbocycles. The quantitative estimate of drug-likeness (QED) is 0.332. The fraction of sp³-hybridized carbons (Fsp3) is 0.739. The molecule has 0 heterocycles. The van der Waals surface area contributed by atoms with Crippen LogP contribution in [0.25, 0.3) is 0 Å². The molecule has 0 saturated heterocycles. The maximum absolute atomic E-state index is 11.9. The van der Waals surface area contributed by atoms with Gasteiger partial charge in [0.05, 0.1) is 5.71 Å². The lowest BCUT2D eigenvalue weighted by Gasteiger charge is -2.56. The first-order valence-corrected chi connectivity index (χ1v) is 10.6. The van der Waals surface area contributed by atoms with Crippen molar-refractivity contribution in [1.29, 1.82) is 0 Å². The Morgan fingerprint density at radius 2 is 2.11 bits per heavy atom. The van der Waals surface area contributed by atoms with Gasteiger partial charge in [0.2, 0.25) is 0 Å². The third-order valence-electron chi connectivity index (χ3n) is 8.45. The predicted molar refractivity (Wildman–Crippen MR) is 104 cm³/mol. The highest BCUT2D eigenvalue weighted by molar-refractivity contribution is 5.96. The van der Waals surface area contributed by atoms with Crippen molar-refractivity contribution >= 4 is 11.7 Å². The first kappa shape index (κ1) is 18.6. The molecule has 0 unspecified atom stereocenters. The van der Waals surface area contributed by atoms with E-state index in [4.69, 9.17) is 16.4 Å². The van der Waals surface area contributed by atoms with E-state index in [0.29, 0.717) is 23.7 Å². The third kappa shape index (κ3) is 2.57. The van der Waals surface area contributed by atoms with Crippen molar-refractivity contribution in [2.24, 2.45) is 34.2 Å². The van der Waals surface area contributed by atoms with Crippen LogP contribution in [0.2, 0.25) is 0 Å². The minimum absolute atomic E-state index is 0.0673. The van der Waals surface area contributed by atoms with Gasteiger partial charge in [-0.1, -0.05) is 23.6 Å². The Morgan fingerprint density at radius 3 is 2.78 bits per heavy atom. The third-order valence-corrected chi connectivity index (χ3v) is 8.45. The first-order valence-electron chi connectivity index (χ1n) is 10.6. The number of nitrogens with zero attached hydrogens (tertiary/aromatic N) is 1. The second kappa shape index (κ2) is 6.69. The predicted octanol–water partition coefficient (Wildman–Crippen LogP) is 4.71. The summed E-state index contributed by atoms with van der Waals surface area (Å²) in [6.45, 7) is 3.72. The van der Waals surface area contributed by atoms with Gasteiger partial charge in [0.25, 0.3) is 0 Å². The summed E-state index contributed by atoms with van der Waals surface area (Å²) in [6.07, 6.45) is 17.5. The SMILES string of the molecule is C#C[C@]1(OC(C)=O)CC[C@H]2[C@@H]3CCC4=C/C(=N\O)CC[C@@H]4[C@H]3CC[C@@]21CC. The largest absolute Gasteiger partial charge is 0.445 e. The first-order chi connectivity index (χ1) is 13.0. The van der Waals surface area contributed by atoms with Crippen LogP contribution < -0.4 is 0 Å². The van der Waals surface area contributed by atoms with Gasteiger partial charge in [-0.05, 0) is 87.5 Å². The van der Waals surface area contributed by atoms with E-state index in [0.717, 1.165) is 57.1 Å². The highest BCUT2D eigenvalue weighted by atomic mass is 16.6. The minimum Gasteiger partial charge on any atom is -0.445 e. The summed E-state index contributed by atoms with van der Waals surface area (Å²) in [4.78, 5) is 11.9. The molecule has 4 aliphatic carbocycles. The van der Waals surface area contributed by atoms with Crippen molar-refractivity contribution in [3.05, 3.63) is 11.6 Å². The Labute approximate surface area is 162 Å². The summed E-state index contributed by atoms with van der Waals surface area (Å²) in [5.74, 6) is 5.25. The molecule has 6 atom stereocenters. The molecular formula is C23H31NO3. The summed E-state index contributed by atoms with van der Waals surface area (Å²) in [5.41, 5.74) is 1.53.